The van der Waals surface area contributed by atoms with Gasteiger partial charge in [-0.05, 0) is 103 Å². The van der Waals surface area contributed by atoms with Crippen LogP contribution in [-0.4, -0.2) is 0 Å². The number of para-hydroxylation sites is 2. The molecule has 0 aliphatic heterocycles. The molecule has 3 heteroatoms. The largest absolute Gasteiger partial charge is 0.454 e. The smallest absolute Gasteiger partial charge is 0.149 e. The molecule has 1 heterocycles. The molecule has 2 nitrogen and oxygen atoms in total. The average Bonchev–Trinajstić information content (AvgIpc) is 3.60. The van der Waals surface area contributed by atoms with E-state index in [0.29, 0.717) is 0 Å². The third kappa shape index (κ3) is 5.92. The highest BCUT2D eigenvalue weighted by molar-refractivity contribution is 9.10. The van der Waals surface area contributed by atoms with Crippen LogP contribution >= 0.6 is 15.9 Å². The van der Waals surface area contributed by atoms with E-state index in [9.17, 15) is 0 Å². The van der Waals surface area contributed by atoms with E-state index >= 15 is 0 Å². The van der Waals surface area contributed by atoms with Crippen molar-refractivity contribution in [1.29, 1.82) is 0 Å². The van der Waals surface area contributed by atoms with Crippen LogP contribution in [-0.2, 0) is 0 Å². The fraction of sp³-hybridized carbons (Fsp3) is 0. The fourth-order valence-electron chi connectivity index (χ4n) is 7.00. The molecule has 0 unspecified atom stereocenters. The number of halogens is 1. The van der Waals surface area contributed by atoms with Gasteiger partial charge in [0, 0.05) is 33.4 Å². The monoisotopic (exact) mass is 717 g/mol. The first-order valence-electron chi connectivity index (χ1n) is 17.1. The SMILES string of the molecule is Brc1cccc2c1oc1c(-c3cccc(-c4ccc(N(c5ccc(-c6ccccc6)cc5)c5ccc(-c6ccccc6)cc5)cc4)c3)cccc12. The normalized spacial score (nSPS) is 11.2. The van der Waals surface area contributed by atoms with Crippen LogP contribution in [0.15, 0.2) is 203 Å². The molecule has 51 heavy (non-hydrogen) atoms. The highest BCUT2D eigenvalue weighted by atomic mass is 79.9. The average molecular weight is 719 g/mol. The number of nitrogens with zero attached hydrogens (tertiary/aromatic N) is 1. The van der Waals surface area contributed by atoms with Gasteiger partial charge in [-0.25, -0.2) is 0 Å². The zero-order chi connectivity index (χ0) is 34.1. The van der Waals surface area contributed by atoms with Gasteiger partial charge in [-0.3, -0.25) is 0 Å². The van der Waals surface area contributed by atoms with Crippen molar-refractivity contribution in [3.05, 3.63) is 199 Å². The van der Waals surface area contributed by atoms with Crippen LogP contribution < -0.4 is 4.90 Å². The first-order chi connectivity index (χ1) is 25.2. The van der Waals surface area contributed by atoms with Crippen LogP contribution in [0.3, 0.4) is 0 Å². The van der Waals surface area contributed by atoms with Gasteiger partial charge in [0.1, 0.15) is 11.2 Å². The lowest BCUT2D eigenvalue weighted by Crippen LogP contribution is -2.09. The highest BCUT2D eigenvalue weighted by Crippen LogP contribution is 2.41. The Kier molecular flexibility index (Phi) is 8.04. The lowest BCUT2D eigenvalue weighted by molar-refractivity contribution is 0.668. The topological polar surface area (TPSA) is 16.4 Å². The molecule has 9 aromatic rings. The second kappa shape index (κ2) is 13.3. The summed E-state index contributed by atoms with van der Waals surface area (Å²) >= 11 is 3.67. The first-order valence-corrected chi connectivity index (χ1v) is 17.9. The predicted octanol–water partition coefficient (Wildman–Crippen LogP) is 14.5. The third-order valence-electron chi connectivity index (χ3n) is 9.57. The number of anilines is 3. The summed E-state index contributed by atoms with van der Waals surface area (Å²) in [6.07, 6.45) is 0. The van der Waals surface area contributed by atoms with Gasteiger partial charge in [-0.1, -0.05) is 146 Å². The van der Waals surface area contributed by atoms with Crippen molar-refractivity contribution < 1.29 is 4.42 Å². The molecular weight excluding hydrogens is 686 g/mol. The van der Waals surface area contributed by atoms with E-state index in [-0.39, 0.29) is 0 Å². The molecule has 0 saturated heterocycles. The van der Waals surface area contributed by atoms with E-state index in [1.165, 1.54) is 22.3 Å². The van der Waals surface area contributed by atoms with Crippen molar-refractivity contribution in [2.75, 3.05) is 4.90 Å². The zero-order valence-electron chi connectivity index (χ0n) is 27.7. The summed E-state index contributed by atoms with van der Waals surface area (Å²) in [4.78, 5) is 2.32. The molecule has 8 aromatic carbocycles. The predicted molar refractivity (Wildman–Crippen MR) is 218 cm³/mol. The molecule has 0 atom stereocenters. The quantitative estimate of drug-likeness (QED) is 0.163. The van der Waals surface area contributed by atoms with Gasteiger partial charge < -0.3 is 9.32 Å². The maximum Gasteiger partial charge on any atom is 0.149 e. The lowest BCUT2D eigenvalue weighted by atomic mass is 9.97. The molecule has 1 aromatic heterocycles. The second-order valence-corrected chi connectivity index (χ2v) is 13.5. The van der Waals surface area contributed by atoms with E-state index < -0.39 is 0 Å². The molecule has 0 aliphatic carbocycles. The molecular formula is C48H32BrNO. The van der Waals surface area contributed by atoms with Crippen molar-refractivity contribution >= 4 is 54.9 Å². The summed E-state index contributed by atoms with van der Waals surface area (Å²) in [7, 11) is 0. The Morgan fingerprint density at radius 3 is 1.29 bits per heavy atom. The molecule has 242 valence electrons. The minimum Gasteiger partial charge on any atom is -0.454 e. The van der Waals surface area contributed by atoms with E-state index in [4.69, 9.17) is 4.42 Å². The lowest BCUT2D eigenvalue weighted by Gasteiger charge is -2.26. The number of fused-ring (bicyclic) bond motifs is 3. The fourth-order valence-corrected chi connectivity index (χ4v) is 7.44. The van der Waals surface area contributed by atoms with Crippen molar-refractivity contribution in [3.63, 3.8) is 0 Å². The molecule has 0 N–H and O–H groups in total. The molecule has 0 aliphatic rings. The van der Waals surface area contributed by atoms with Gasteiger partial charge in [0.15, 0.2) is 0 Å². The van der Waals surface area contributed by atoms with Crippen LogP contribution in [0.5, 0.6) is 0 Å². The van der Waals surface area contributed by atoms with Crippen LogP contribution in [0.2, 0.25) is 0 Å². The number of hydrogen-bond acceptors (Lipinski definition) is 2. The van der Waals surface area contributed by atoms with Crippen LogP contribution in [0.1, 0.15) is 0 Å². The Bertz CT molecular complexity index is 2530. The first kappa shape index (κ1) is 30.9. The molecule has 0 radical (unpaired) electrons. The van der Waals surface area contributed by atoms with Crippen LogP contribution in [0.4, 0.5) is 17.1 Å². The molecule has 9 rings (SSSR count). The van der Waals surface area contributed by atoms with Crippen molar-refractivity contribution in [2.24, 2.45) is 0 Å². The van der Waals surface area contributed by atoms with Crippen molar-refractivity contribution in [1.82, 2.24) is 0 Å². The van der Waals surface area contributed by atoms with E-state index in [0.717, 1.165) is 65.7 Å². The van der Waals surface area contributed by atoms with Crippen molar-refractivity contribution in [2.45, 2.75) is 0 Å². The number of furan rings is 1. The molecule has 0 spiro atoms. The number of rotatable bonds is 7. The van der Waals surface area contributed by atoms with Crippen LogP contribution in [0.25, 0.3) is 66.4 Å². The molecule has 0 saturated carbocycles. The standard InChI is InChI=1S/C48H32BrNO/c49-46-19-9-18-45-44-17-8-16-43(47(44)51-48(45)46)39-15-7-14-38(32-39)37-24-30-42(31-25-37)50(40-26-20-35(21-27-40)33-10-3-1-4-11-33)41-28-22-36(23-29-41)34-12-5-2-6-13-34/h1-32H. The van der Waals surface area contributed by atoms with E-state index in [1.54, 1.807) is 0 Å². The second-order valence-electron chi connectivity index (χ2n) is 12.7. The van der Waals surface area contributed by atoms with Crippen LogP contribution in [0, 0.1) is 0 Å². The van der Waals surface area contributed by atoms with Gasteiger partial charge in [-0.15, -0.1) is 0 Å². The van der Waals surface area contributed by atoms with Crippen molar-refractivity contribution in [3.8, 4) is 44.5 Å². The molecule has 0 amide bonds. The molecule has 0 fully saturated rings. The van der Waals surface area contributed by atoms with Gasteiger partial charge >= 0.3 is 0 Å². The Hall–Kier alpha value is -6.16. The third-order valence-corrected chi connectivity index (χ3v) is 10.2. The number of benzene rings is 8. The Morgan fingerprint density at radius 1 is 0.333 bits per heavy atom. The Labute approximate surface area is 306 Å². The zero-order valence-corrected chi connectivity index (χ0v) is 29.3. The van der Waals surface area contributed by atoms with Gasteiger partial charge in [-0.2, -0.15) is 0 Å². The minimum atomic E-state index is 0.876. The summed E-state index contributed by atoms with van der Waals surface area (Å²) < 4.78 is 7.42. The summed E-state index contributed by atoms with van der Waals surface area (Å²) in [5.41, 5.74) is 14.4. The number of hydrogen-bond donors (Lipinski definition) is 0. The van der Waals surface area contributed by atoms with E-state index in [2.05, 4.69) is 209 Å². The van der Waals surface area contributed by atoms with Gasteiger partial charge in [0.2, 0.25) is 0 Å². The summed E-state index contributed by atoms with van der Waals surface area (Å²) in [6.45, 7) is 0. The van der Waals surface area contributed by atoms with Gasteiger partial charge in [0.25, 0.3) is 0 Å². The highest BCUT2D eigenvalue weighted by Gasteiger charge is 2.16. The summed E-state index contributed by atoms with van der Waals surface area (Å²) in [6, 6.07) is 68.9. The summed E-state index contributed by atoms with van der Waals surface area (Å²) in [5, 5.41) is 2.23. The Morgan fingerprint density at radius 2 is 0.745 bits per heavy atom. The maximum atomic E-state index is 6.45. The van der Waals surface area contributed by atoms with Gasteiger partial charge in [0.05, 0.1) is 4.47 Å². The molecule has 0 bridgehead atoms. The van der Waals surface area contributed by atoms with E-state index in [1.807, 2.05) is 6.07 Å². The minimum absolute atomic E-state index is 0.876. The maximum absolute atomic E-state index is 6.45. The summed E-state index contributed by atoms with van der Waals surface area (Å²) in [5.74, 6) is 0. The Balaban J connectivity index is 1.08.